The SMILES string of the molecule is C#CCN(CC)S(=O)(=O)N1CCC(CNCC)CC1. The van der Waals surface area contributed by atoms with E-state index in [0.717, 1.165) is 25.9 Å². The van der Waals surface area contributed by atoms with Crippen LogP contribution in [0.4, 0.5) is 0 Å². The molecule has 1 fully saturated rings. The smallest absolute Gasteiger partial charge is 0.282 e. The summed E-state index contributed by atoms with van der Waals surface area (Å²) in [5.41, 5.74) is 0. The number of hydrogen-bond acceptors (Lipinski definition) is 3. The first-order valence-corrected chi connectivity index (χ1v) is 8.35. The highest BCUT2D eigenvalue weighted by Crippen LogP contribution is 2.20. The largest absolute Gasteiger partial charge is 0.317 e. The molecule has 19 heavy (non-hydrogen) atoms. The average molecular weight is 287 g/mol. The Balaban J connectivity index is 2.56. The van der Waals surface area contributed by atoms with Crippen molar-refractivity contribution in [2.24, 2.45) is 5.92 Å². The van der Waals surface area contributed by atoms with E-state index in [4.69, 9.17) is 6.42 Å². The van der Waals surface area contributed by atoms with E-state index < -0.39 is 10.2 Å². The fraction of sp³-hybridized carbons (Fsp3) is 0.846. The summed E-state index contributed by atoms with van der Waals surface area (Å²) >= 11 is 0. The van der Waals surface area contributed by atoms with E-state index in [9.17, 15) is 8.42 Å². The number of terminal acetylenes is 1. The fourth-order valence-electron chi connectivity index (χ4n) is 2.31. The van der Waals surface area contributed by atoms with Crippen molar-refractivity contribution < 1.29 is 8.42 Å². The molecule has 1 heterocycles. The summed E-state index contributed by atoms with van der Waals surface area (Å²) in [6.07, 6.45) is 7.06. The summed E-state index contributed by atoms with van der Waals surface area (Å²) in [5.74, 6) is 2.99. The molecule has 0 saturated carbocycles. The predicted molar refractivity (Wildman–Crippen MR) is 77.8 cm³/mol. The molecular formula is C13H25N3O2S. The van der Waals surface area contributed by atoms with Crippen molar-refractivity contribution in [1.29, 1.82) is 0 Å². The molecule has 1 saturated heterocycles. The lowest BCUT2D eigenvalue weighted by molar-refractivity contribution is 0.254. The van der Waals surface area contributed by atoms with Crippen molar-refractivity contribution in [2.45, 2.75) is 26.7 Å². The van der Waals surface area contributed by atoms with Crippen LogP contribution in [0.15, 0.2) is 0 Å². The normalized spacial score (nSPS) is 18.6. The van der Waals surface area contributed by atoms with Gasteiger partial charge in [0.2, 0.25) is 0 Å². The molecular weight excluding hydrogens is 262 g/mol. The number of nitrogens with one attached hydrogen (secondary N) is 1. The molecule has 0 aliphatic carbocycles. The van der Waals surface area contributed by atoms with E-state index in [1.54, 1.807) is 4.31 Å². The van der Waals surface area contributed by atoms with Crippen LogP contribution >= 0.6 is 0 Å². The van der Waals surface area contributed by atoms with E-state index in [1.165, 1.54) is 4.31 Å². The Morgan fingerprint density at radius 1 is 1.37 bits per heavy atom. The van der Waals surface area contributed by atoms with E-state index in [-0.39, 0.29) is 6.54 Å². The molecule has 1 N–H and O–H groups in total. The third-order valence-corrected chi connectivity index (χ3v) is 5.59. The van der Waals surface area contributed by atoms with E-state index in [0.29, 0.717) is 25.6 Å². The molecule has 110 valence electrons. The number of piperidine rings is 1. The standard InChI is InChI=1S/C13H25N3O2S/c1-4-9-15(6-3)19(17,18)16-10-7-13(8-11-16)12-14-5-2/h1,13-14H,5-12H2,2-3H3. The summed E-state index contributed by atoms with van der Waals surface area (Å²) in [6.45, 7) is 7.60. The molecule has 0 bridgehead atoms. The highest BCUT2D eigenvalue weighted by atomic mass is 32.2. The molecule has 0 radical (unpaired) electrons. The Bertz CT molecular complexity index is 395. The van der Waals surface area contributed by atoms with Crippen LogP contribution in [0.5, 0.6) is 0 Å². The second kappa shape index (κ2) is 7.85. The Labute approximate surface area is 117 Å². The number of hydrogen-bond donors (Lipinski definition) is 1. The van der Waals surface area contributed by atoms with Gasteiger partial charge in [-0.05, 0) is 31.8 Å². The summed E-state index contributed by atoms with van der Waals surface area (Å²) in [7, 11) is -3.38. The molecule has 0 spiro atoms. The Morgan fingerprint density at radius 2 is 2.00 bits per heavy atom. The van der Waals surface area contributed by atoms with Crippen molar-refractivity contribution in [1.82, 2.24) is 13.9 Å². The van der Waals surface area contributed by atoms with Crippen molar-refractivity contribution in [2.75, 3.05) is 39.3 Å². The summed E-state index contributed by atoms with van der Waals surface area (Å²) < 4.78 is 27.7. The van der Waals surface area contributed by atoms with Gasteiger partial charge in [0, 0.05) is 19.6 Å². The lowest BCUT2D eigenvalue weighted by atomic mass is 9.98. The molecule has 1 aliphatic heterocycles. The Kier molecular flexibility index (Phi) is 6.80. The van der Waals surface area contributed by atoms with Gasteiger partial charge in [0.1, 0.15) is 0 Å². The molecule has 0 aromatic heterocycles. The monoisotopic (exact) mass is 287 g/mol. The highest BCUT2D eigenvalue weighted by Gasteiger charge is 2.31. The second-order valence-electron chi connectivity index (χ2n) is 4.79. The van der Waals surface area contributed by atoms with Crippen molar-refractivity contribution >= 4 is 10.2 Å². The lowest BCUT2D eigenvalue weighted by Crippen LogP contribution is -2.48. The zero-order chi connectivity index (χ0) is 14.3. The maximum atomic E-state index is 12.4. The molecule has 0 amide bonds. The second-order valence-corrected chi connectivity index (χ2v) is 6.72. The summed E-state index contributed by atoms with van der Waals surface area (Å²) in [4.78, 5) is 0. The number of nitrogens with zero attached hydrogens (tertiary/aromatic N) is 2. The minimum atomic E-state index is -3.38. The van der Waals surface area contributed by atoms with Gasteiger partial charge in [-0.15, -0.1) is 6.42 Å². The van der Waals surface area contributed by atoms with Gasteiger partial charge in [0.25, 0.3) is 10.2 Å². The minimum absolute atomic E-state index is 0.149. The van der Waals surface area contributed by atoms with Crippen LogP contribution in [0, 0.1) is 18.3 Å². The first-order chi connectivity index (χ1) is 9.06. The van der Waals surface area contributed by atoms with Crippen molar-refractivity contribution in [3.05, 3.63) is 0 Å². The molecule has 1 rings (SSSR count). The maximum Gasteiger partial charge on any atom is 0.282 e. The third kappa shape index (κ3) is 4.46. The average Bonchev–Trinajstić information content (AvgIpc) is 2.42. The molecule has 0 atom stereocenters. The lowest BCUT2D eigenvalue weighted by Gasteiger charge is -2.34. The maximum absolute atomic E-state index is 12.4. The van der Waals surface area contributed by atoms with Crippen LogP contribution in [0.2, 0.25) is 0 Å². The van der Waals surface area contributed by atoms with Crippen LogP contribution in [0.1, 0.15) is 26.7 Å². The quantitative estimate of drug-likeness (QED) is 0.694. The summed E-state index contributed by atoms with van der Waals surface area (Å²) in [5, 5.41) is 3.32. The van der Waals surface area contributed by atoms with Crippen LogP contribution < -0.4 is 5.32 Å². The van der Waals surface area contributed by atoms with Crippen molar-refractivity contribution in [3.63, 3.8) is 0 Å². The van der Waals surface area contributed by atoms with Gasteiger partial charge < -0.3 is 5.32 Å². The fourth-order valence-corrected chi connectivity index (χ4v) is 3.88. The molecule has 1 aliphatic rings. The van der Waals surface area contributed by atoms with Crippen LogP contribution in [0.3, 0.4) is 0 Å². The first kappa shape index (κ1) is 16.4. The minimum Gasteiger partial charge on any atom is -0.317 e. The molecule has 6 heteroatoms. The predicted octanol–water partition coefficient (Wildman–Crippen LogP) is 0.508. The zero-order valence-corrected chi connectivity index (χ0v) is 12.7. The van der Waals surface area contributed by atoms with E-state index in [1.807, 2.05) is 6.92 Å². The Hall–Kier alpha value is -0.610. The third-order valence-electron chi connectivity index (χ3n) is 3.53. The number of rotatable bonds is 7. The molecule has 5 nitrogen and oxygen atoms in total. The van der Waals surface area contributed by atoms with Gasteiger partial charge in [0.15, 0.2) is 0 Å². The highest BCUT2D eigenvalue weighted by molar-refractivity contribution is 7.86. The zero-order valence-electron chi connectivity index (χ0n) is 11.9. The van der Waals surface area contributed by atoms with Crippen LogP contribution in [0.25, 0.3) is 0 Å². The Morgan fingerprint density at radius 3 is 2.47 bits per heavy atom. The topological polar surface area (TPSA) is 52.7 Å². The van der Waals surface area contributed by atoms with Crippen LogP contribution in [-0.2, 0) is 10.2 Å². The van der Waals surface area contributed by atoms with Gasteiger partial charge in [-0.3, -0.25) is 0 Å². The first-order valence-electron chi connectivity index (χ1n) is 6.95. The molecule has 0 unspecified atom stereocenters. The van der Waals surface area contributed by atoms with Crippen LogP contribution in [-0.4, -0.2) is 56.3 Å². The van der Waals surface area contributed by atoms with E-state index in [2.05, 4.69) is 18.2 Å². The van der Waals surface area contributed by atoms with Gasteiger partial charge in [-0.1, -0.05) is 19.8 Å². The van der Waals surface area contributed by atoms with Gasteiger partial charge in [-0.25, -0.2) is 0 Å². The van der Waals surface area contributed by atoms with Gasteiger partial charge in [-0.2, -0.15) is 17.0 Å². The molecule has 0 aromatic rings. The van der Waals surface area contributed by atoms with E-state index >= 15 is 0 Å². The van der Waals surface area contributed by atoms with Crippen molar-refractivity contribution in [3.8, 4) is 12.3 Å². The summed E-state index contributed by atoms with van der Waals surface area (Å²) in [6, 6.07) is 0. The van der Waals surface area contributed by atoms with Gasteiger partial charge in [0.05, 0.1) is 6.54 Å². The van der Waals surface area contributed by atoms with Gasteiger partial charge >= 0.3 is 0 Å². The molecule has 0 aromatic carbocycles.